The van der Waals surface area contributed by atoms with Crippen molar-refractivity contribution >= 4 is 17.8 Å². The van der Waals surface area contributed by atoms with Gasteiger partial charge in [-0.15, -0.1) is 0 Å². The van der Waals surface area contributed by atoms with Crippen molar-refractivity contribution in [3.8, 4) is 0 Å². The molecule has 0 aromatic rings. The van der Waals surface area contributed by atoms with Crippen LogP contribution in [0.1, 0.15) is 61.8 Å². The van der Waals surface area contributed by atoms with Gasteiger partial charge in [0.25, 0.3) is 5.91 Å². The molecule has 0 fully saturated rings. The van der Waals surface area contributed by atoms with Crippen molar-refractivity contribution in [1.82, 2.24) is 10.6 Å². The van der Waals surface area contributed by atoms with Crippen LogP contribution in [0.2, 0.25) is 0 Å². The van der Waals surface area contributed by atoms with Gasteiger partial charge in [0, 0.05) is 5.54 Å². The molecule has 0 saturated heterocycles. The Morgan fingerprint density at radius 3 is 2.12 bits per heavy atom. The number of rotatable bonds is 7. The van der Waals surface area contributed by atoms with Crippen molar-refractivity contribution in [1.29, 1.82) is 0 Å². The lowest BCUT2D eigenvalue weighted by atomic mass is 10.0. The highest BCUT2D eigenvalue weighted by molar-refractivity contribution is 5.88. The Kier molecular flexibility index (Phi) is 8.73. The number of alkyl carbamates (subject to hydrolysis) is 1. The number of hydrogen-bond donors (Lipinski definition) is 3. The number of amides is 2. The van der Waals surface area contributed by atoms with Gasteiger partial charge in [-0.3, -0.25) is 4.79 Å². The maximum absolute atomic E-state index is 11.9. The number of carbonyl (C=O) groups is 2. The summed E-state index contributed by atoms with van der Waals surface area (Å²) in [5.41, 5.74) is 4.95. The Morgan fingerprint density at radius 1 is 1.12 bits per heavy atom. The maximum Gasteiger partial charge on any atom is 0.408 e. The summed E-state index contributed by atoms with van der Waals surface area (Å²) in [6.45, 7) is 14.7. The largest absolute Gasteiger partial charge is 0.444 e. The number of nitrogens with one attached hydrogen (secondary N) is 2. The van der Waals surface area contributed by atoms with E-state index in [9.17, 15) is 9.59 Å². The third-order valence-electron chi connectivity index (χ3n) is 2.64. The second-order valence-electron chi connectivity index (χ2n) is 8.42. The smallest absolute Gasteiger partial charge is 0.408 e. The molecule has 0 rings (SSSR count). The lowest BCUT2D eigenvalue weighted by Gasteiger charge is -2.24. The minimum atomic E-state index is -0.611. The highest BCUT2D eigenvalue weighted by atomic mass is 16.6. The topological polar surface area (TPSA) is 115 Å². The summed E-state index contributed by atoms with van der Waals surface area (Å²) in [5, 5.41) is 9.19. The molecular weight excluding hydrogens is 324 g/mol. The van der Waals surface area contributed by atoms with Gasteiger partial charge in [-0.05, 0) is 53.9 Å². The minimum absolute atomic E-state index is 0.0862. The van der Waals surface area contributed by atoms with E-state index in [0.717, 1.165) is 0 Å². The van der Waals surface area contributed by atoms with Crippen LogP contribution in [-0.4, -0.2) is 41.6 Å². The van der Waals surface area contributed by atoms with E-state index >= 15 is 0 Å². The van der Waals surface area contributed by atoms with Gasteiger partial charge in [-0.25, -0.2) is 4.79 Å². The summed E-state index contributed by atoms with van der Waals surface area (Å²) in [7, 11) is 0. The Labute approximate surface area is 150 Å². The van der Waals surface area contributed by atoms with Crippen molar-refractivity contribution in [2.24, 2.45) is 16.8 Å². The summed E-state index contributed by atoms with van der Waals surface area (Å²) in [6, 6.07) is -0.541. The Balaban J connectivity index is 4.74. The fourth-order valence-corrected chi connectivity index (χ4v) is 1.86. The van der Waals surface area contributed by atoms with Crippen LogP contribution in [0, 0.1) is 5.92 Å². The fraction of sp³-hybridized carbons (Fsp3) is 0.824. The summed E-state index contributed by atoms with van der Waals surface area (Å²) in [4.78, 5) is 28.6. The second kappa shape index (κ2) is 9.48. The molecule has 0 aliphatic carbocycles. The van der Waals surface area contributed by atoms with Crippen LogP contribution in [0.5, 0.6) is 0 Å². The highest BCUT2D eigenvalue weighted by Gasteiger charge is 2.23. The normalized spacial score (nSPS) is 14.0. The Hall–Kier alpha value is -1.99. The van der Waals surface area contributed by atoms with Gasteiger partial charge in [-0.2, -0.15) is 0 Å². The molecule has 0 aliphatic heterocycles. The molecule has 146 valence electrons. The van der Waals surface area contributed by atoms with E-state index in [-0.39, 0.29) is 29.8 Å². The lowest BCUT2D eigenvalue weighted by molar-refractivity contribution is -0.127. The molecule has 8 heteroatoms. The first kappa shape index (κ1) is 23.0. The molecule has 0 spiro atoms. The zero-order chi connectivity index (χ0) is 19.8. The predicted molar refractivity (Wildman–Crippen MR) is 98.1 cm³/mol. The van der Waals surface area contributed by atoms with Crippen molar-refractivity contribution < 1.29 is 19.2 Å². The lowest BCUT2D eigenvalue weighted by Crippen LogP contribution is -2.47. The predicted octanol–water partition coefficient (Wildman–Crippen LogP) is 2.13. The monoisotopic (exact) mass is 358 g/mol. The average molecular weight is 358 g/mol. The van der Waals surface area contributed by atoms with Gasteiger partial charge in [0.05, 0.1) is 6.04 Å². The van der Waals surface area contributed by atoms with Crippen LogP contribution >= 0.6 is 0 Å². The van der Waals surface area contributed by atoms with Gasteiger partial charge < -0.3 is 25.9 Å². The molecule has 25 heavy (non-hydrogen) atoms. The maximum atomic E-state index is 11.9. The van der Waals surface area contributed by atoms with Crippen molar-refractivity contribution in [2.75, 3.05) is 6.61 Å². The minimum Gasteiger partial charge on any atom is -0.444 e. The molecular formula is C17H34N4O4. The molecule has 8 nitrogen and oxygen atoms in total. The average Bonchev–Trinajstić information content (AvgIpc) is 2.32. The summed E-state index contributed by atoms with van der Waals surface area (Å²) in [5.74, 6) is 0.0468. The summed E-state index contributed by atoms with van der Waals surface area (Å²) in [6.07, 6.45) is -0.0201. The van der Waals surface area contributed by atoms with Crippen LogP contribution in [0.4, 0.5) is 4.79 Å². The summed E-state index contributed by atoms with van der Waals surface area (Å²) < 4.78 is 5.23. The Bertz CT molecular complexity index is 476. The zero-order valence-corrected chi connectivity index (χ0v) is 16.7. The number of nitrogens with zero attached hydrogens (tertiary/aromatic N) is 1. The summed E-state index contributed by atoms with van der Waals surface area (Å²) >= 11 is 0. The van der Waals surface area contributed by atoms with Crippen LogP contribution < -0.4 is 16.4 Å². The molecule has 0 aromatic heterocycles. The Morgan fingerprint density at radius 2 is 1.68 bits per heavy atom. The number of nitrogens with two attached hydrogens (primary N) is 1. The van der Waals surface area contributed by atoms with Crippen LogP contribution in [-0.2, 0) is 14.4 Å². The number of oxime groups is 1. The molecule has 0 bridgehead atoms. The van der Waals surface area contributed by atoms with Crippen molar-refractivity contribution in [3.63, 3.8) is 0 Å². The van der Waals surface area contributed by atoms with Crippen LogP contribution in [0.3, 0.4) is 0 Å². The third kappa shape index (κ3) is 13.0. The number of amidine groups is 1. The first-order chi connectivity index (χ1) is 11.2. The number of ether oxygens (including phenoxy) is 1. The van der Waals surface area contributed by atoms with Crippen molar-refractivity contribution in [2.45, 2.75) is 79.0 Å². The van der Waals surface area contributed by atoms with E-state index in [1.807, 2.05) is 34.6 Å². The first-order valence-corrected chi connectivity index (χ1v) is 8.45. The number of carbonyl (C=O) groups excluding carboxylic acids is 2. The quantitative estimate of drug-likeness (QED) is 0.366. The van der Waals surface area contributed by atoms with Crippen LogP contribution in [0.25, 0.3) is 0 Å². The molecule has 0 aromatic carbocycles. The third-order valence-corrected chi connectivity index (χ3v) is 2.64. The standard InChI is InChI=1S/C17H34N4O4/c1-11(2)9-12(19-15(23)25-17(6,7)8)14(18)21-24-10-13(22)20-16(3,4)5/h11-12H,9-10H2,1-8H3,(H2,18,21)(H,19,23)(H,20,22)/t12-/m0/s1. The zero-order valence-electron chi connectivity index (χ0n) is 16.7. The van der Waals surface area contributed by atoms with E-state index in [4.69, 9.17) is 15.3 Å². The van der Waals surface area contributed by atoms with E-state index in [0.29, 0.717) is 6.42 Å². The van der Waals surface area contributed by atoms with Gasteiger partial charge >= 0.3 is 6.09 Å². The highest BCUT2D eigenvalue weighted by Crippen LogP contribution is 2.09. The van der Waals surface area contributed by atoms with E-state index in [1.165, 1.54) is 0 Å². The van der Waals surface area contributed by atoms with E-state index < -0.39 is 17.7 Å². The SMILES string of the molecule is CC(C)C[C@H](NC(=O)OC(C)(C)C)/C(N)=N\OCC(=O)NC(C)(C)C. The van der Waals surface area contributed by atoms with E-state index in [1.54, 1.807) is 20.8 Å². The molecule has 0 saturated carbocycles. The molecule has 0 unspecified atom stereocenters. The molecule has 0 aliphatic rings. The van der Waals surface area contributed by atoms with Crippen molar-refractivity contribution in [3.05, 3.63) is 0 Å². The fourth-order valence-electron chi connectivity index (χ4n) is 1.86. The van der Waals surface area contributed by atoms with Gasteiger partial charge in [0.15, 0.2) is 12.4 Å². The second-order valence-corrected chi connectivity index (χ2v) is 8.42. The van der Waals surface area contributed by atoms with Gasteiger partial charge in [-0.1, -0.05) is 19.0 Å². The first-order valence-electron chi connectivity index (χ1n) is 8.45. The molecule has 0 radical (unpaired) electrons. The van der Waals surface area contributed by atoms with Gasteiger partial charge in [0.1, 0.15) is 5.60 Å². The molecule has 0 heterocycles. The molecule has 1 atom stereocenters. The number of hydrogen-bond acceptors (Lipinski definition) is 5. The molecule has 4 N–H and O–H groups in total. The molecule has 2 amide bonds. The van der Waals surface area contributed by atoms with E-state index in [2.05, 4.69) is 15.8 Å². The van der Waals surface area contributed by atoms with Crippen LogP contribution in [0.15, 0.2) is 5.16 Å². The van der Waals surface area contributed by atoms with Gasteiger partial charge in [0.2, 0.25) is 0 Å².